The van der Waals surface area contributed by atoms with Crippen LogP contribution in [0, 0.1) is 0 Å². The van der Waals surface area contributed by atoms with Crippen LogP contribution in [-0.4, -0.2) is 12.8 Å². The summed E-state index contributed by atoms with van der Waals surface area (Å²) in [6, 6.07) is 4.24. The van der Waals surface area contributed by atoms with Crippen molar-refractivity contribution >= 4 is 19.6 Å². The lowest BCUT2D eigenvalue weighted by Gasteiger charge is -2.10. The molecule has 1 heterocycles. The summed E-state index contributed by atoms with van der Waals surface area (Å²) >= 11 is 6.19. The molecule has 0 N–H and O–H groups in total. The number of hydrogen-bond acceptors (Lipinski definition) is 1. The van der Waals surface area contributed by atoms with Gasteiger partial charge in [0.05, 0.1) is 0 Å². The smallest absolute Gasteiger partial charge is 0.183 e. The van der Waals surface area contributed by atoms with Crippen molar-refractivity contribution in [2.24, 2.45) is 0 Å². The molecule has 0 bridgehead atoms. The molecule has 0 fully saturated rings. The molecule has 0 amide bonds. The molecular weight excluding hydrogens is 192 g/mol. The first-order valence-electron chi connectivity index (χ1n) is 4.88. The number of halogens is 1. The summed E-state index contributed by atoms with van der Waals surface area (Å²) in [5.41, 5.74) is 3.81. The number of hydrogen-bond donors (Lipinski definition) is 0. The Morgan fingerprint density at radius 3 is 2.43 bits per heavy atom. The summed E-state index contributed by atoms with van der Waals surface area (Å²) in [4.78, 5) is 1.81. The van der Waals surface area contributed by atoms with Crippen LogP contribution in [0.5, 0.6) is 0 Å². The Kier molecular flexibility index (Phi) is 2.59. The van der Waals surface area contributed by atoms with Gasteiger partial charge in [0.25, 0.3) is 0 Å². The molecule has 0 aromatic heterocycles. The third-order valence-electron chi connectivity index (χ3n) is 2.69. The Balaban J connectivity index is 2.45. The highest BCUT2D eigenvalue weighted by Gasteiger charge is 2.18. The quantitative estimate of drug-likeness (QED) is 0.637. The summed E-state index contributed by atoms with van der Waals surface area (Å²) in [6.45, 7) is 5.96. The molecule has 0 aliphatic carbocycles. The predicted octanol–water partition coefficient (Wildman–Crippen LogP) is 2.86. The predicted molar refractivity (Wildman–Crippen MR) is 60.5 cm³/mol. The lowest BCUT2D eigenvalue weighted by molar-refractivity contribution is 0.488. The van der Waals surface area contributed by atoms with Gasteiger partial charge in [0.2, 0.25) is 0 Å². The van der Waals surface area contributed by atoms with Crippen molar-refractivity contribution in [3.8, 4) is 0 Å². The second kappa shape index (κ2) is 3.60. The molecule has 0 spiro atoms. The van der Waals surface area contributed by atoms with Crippen molar-refractivity contribution in [3.63, 3.8) is 0 Å². The minimum absolute atomic E-state index is 0.472. The van der Waals surface area contributed by atoms with Crippen LogP contribution in [0.4, 0.5) is 0 Å². The van der Waals surface area contributed by atoms with Crippen LogP contribution < -0.4 is 0 Å². The zero-order valence-electron chi connectivity index (χ0n) is 8.55. The molecule has 1 aliphatic rings. The van der Waals surface area contributed by atoms with E-state index >= 15 is 0 Å². The SMILES string of the molecule is [B]N1Cc2cc(Cl)c(C(C)C)cc2C1. The monoisotopic (exact) mass is 205 g/mol. The highest BCUT2D eigenvalue weighted by atomic mass is 35.5. The zero-order valence-corrected chi connectivity index (χ0v) is 9.30. The fraction of sp³-hybridized carbons (Fsp3) is 0.455. The molecule has 2 rings (SSSR count). The summed E-state index contributed by atoms with van der Waals surface area (Å²) in [5.74, 6) is 0.472. The molecule has 1 aliphatic heterocycles. The highest BCUT2D eigenvalue weighted by Crippen LogP contribution is 2.31. The Labute approximate surface area is 91.5 Å². The standard InChI is InChI=1S/C11H13BClN/c1-7(2)10-3-8-5-14(12)6-9(8)4-11(10)13/h3-4,7H,5-6H2,1-2H3. The Morgan fingerprint density at radius 2 is 1.86 bits per heavy atom. The van der Waals surface area contributed by atoms with Crippen LogP contribution in [0.25, 0.3) is 0 Å². The molecule has 2 radical (unpaired) electrons. The van der Waals surface area contributed by atoms with Gasteiger partial charge in [-0.05, 0) is 28.7 Å². The highest BCUT2D eigenvalue weighted by molar-refractivity contribution is 6.31. The van der Waals surface area contributed by atoms with E-state index in [4.69, 9.17) is 19.6 Å². The maximum Gasteiger partial charge on any atom is 0.183 e. The Hall–Kier alpha value is -0.465. The number of rotatable bonds is 1. The molecule has 1 aromatic carbocycles. The minimum Gasteiger partial charge on any atom is -0.346 e. The van der Waals surface area contributed by atoms with E-state index in [-0.39, 0.29) is 0 Å². The van der Waals surface area contributed by atoms with Crippen molar-refractivity contribution in [2.45, 2.75) is 32.9 Å². The number of benzene rings is 1. The van der Waals surface area contributed by atoms with E-state index in [0.717, 1.165) is 18.1 Å². The molecule has 1 aromatic rings. The average Bonchev–Trinajstić information content (AvgIpc) is 2.42. The van der Waals surface area contributed by atoms with Crippen molar-refractivity contribution in [2.75, 3.05) is 0 Å². The van der Waals surface area contributed by atoms with E-state index < -0.39 is 0 Å². The third kappa shape index (κ3) is 1.69. The van der Waals surface area contributed by atoms with Gasteiger partial charge >= 0.3 is 0 Å². The van der Waals surface area contributed by atoms with Crippen LogP contribution in [0.15, 0.2) is 12.1 Å². The number of nitrogens with zero attached hydrogens (tertiary/aromatic N) is 1. The topological polar surface area (TPSA) is 3.24 Å². The Morgan fingerprint density at radius 1 is 1.29 bits per heavy atom. The van der Waals surface area contributed by atoms with Gasteiger partial charge in [0.1, 0.15) is 0 Å². The summed E-state index contributed by atoms with van der Waals surface area (Å²) in [7, 11) is 5.75. The van der Waals surface area contributed by atoms with E-state index in [9.17, 15) is 0 Å². The molecule has 72 valence electrons. The summed E-state index contributed by atoms with van der Waals surface area (Å²) in [5, 5.41) is 0.869. The van der Waals surface area contributed by atoms with Crippen LogP contribution >= 0.6 is 11.6 Å². The van der Waals surface area contributed by atoms with E-state index in [1.807, 2.05) is 4.81 Å². The van der Waals surface area contributed by atoms with Crippen LogP contribution in [-0.2, 0) is 13.1 Å². The fourth-order valence-electron chi connectivity index (χ4n) is 1.91. The summed E-state index contributed by atoms with van der Waals surface area (Å²) in [6.07, 6.45) is 0. The molecule has 0 saturated heterocycles. The summed E-state index contributed by atoms with van der Waals surface area (Å²) < 4.78 is 0. The van der Waals surface area contributed by atoms with Gasteiger partial charge in [0.15, 0.2) is 7.98 Å². The van der Waals surface area contributed by atoms with E-state index in [2.05, 4.69) is 26.0 Å². The van der Waals surface area contributed by atoms with E-state index in [0.29, 0.717) is 5.92 Å². The van der Waals surface area contributed by atoms with Crippen molar-refractivity contribution < 1.29 is 0 Å². The normalized spacial score (nSPS) is 16.3. The van der Waals surface area contributed by atoms with Crippen molar-refractivity contribution in [3.05, 3.63) is 33.8 Å². The van der Waals surface area contributed by atoms with Gasteiger partial charge in [-0.15, -0.1) is 0 Å². The van der Waals surface area contributed by atoms with Gasteiger partial charge in [-0.2, -0.15) is 0 Å². The zero-order chi connectivity index (χ0) is 10.3. The van der Waals surface area contributed by atoms with Gasteiger partial charge < -0.3 is 4.81 Å². The van der Waals surface area contributed by atoms with Crippen LogP contribution in [0.3, 0.4) is 0 Å². The lowest BCUT2D eigenvalue weighted by atomic mass is 9.98. The average molecular weight is 205 g/mol. The Bertz CT molecular complexity index is 363. The second-order valence-corrected chi connectivity index (χ2v) is 4.61. The van der Waals surface area contributed by atoms with Crippen LogP contribution in [0.2, 0.25) is 5.02 Å². The van der Waals surface area contributed by atoms with Crippen molar-refractivity contribution in [1.82, 2.24) is 4.81 Å². The maximum atomic E-state index is 6.19. The molecular formula is C11H13BClN. The lowest BCUT2D eigenvalue weighted by Crippen LogP contribution is -2.09. The fourth-order valence-corrected chi connectivity index (χ4v) is 2.31. The molecule has 1 nitrogen and oxygen atoms in total. The first-order chi connectivity index (χ1) is 6.58. The minimum atomic E-state index is 0.472. The van der Waals surface area contributed by atoms with Crippen molar-refractivity contribution in [1.29, 1.82) is 0 Å². The first kappa shape index (κ1) is 10.1. The second-order valence-electron chi connectivity index (χ2n) is 4.20. The maximum absolute atomic E-state index is 6.19. The van der Waals surface area contributed by atoms with E-state index in [1.54, 1.807) is 0 Å². The van der Waals surface area contributed by atoms with Gasteiger partial charge in [-0.1, -0.05) is 31.5 Å². The molecule has 0 atom stereocenters. The van der Waals surface area contributed by atoms with Gasteiger partial charge in [-0.25, -0.2) is 0 Å². The van der Waals surface area contributed by atoms with E-state index in [1.165, 1.54) is 16.7 Å². The molecule has 0 saturated carbocycles. The molecule has 3 heteroatoms. The van der Waals surface area contributed by atoms with Gasteiger partial charge in [-0.3, -0.25) is 0 Å². The third-order valence-corrected chi connectivity index (χ3v) is 3.02. The number of fused-ring (bicyclic) bond motifs is 1. The first-order valence-corrected chi connectivity index (χ1v) is 5.26. The molecule has 0 unspecified atom stereocenters. The van der Waals surface area contributed by atoms with Crippen LogP contribution in [0.1, 0.15) is 36.5 Å². The largest absolute Gasteiger partial charge is 0.346 e. The van der Waals surface area contributed by atoms with Gasteiger partial charge in [0, 0.05) is 18.1 Å². The molecule has 14 heavy (non-hydrogen) atoms.